The molecule has 1 saturated heterocycles. The molecule has 2 aromatic rings. The number of rotatable bonds is 4. The number of carbonyl (C=O) groups excluding carboxylic acids is 4. The fourth-order valence-corrected chi connectivity index (χ4v) is 4.85. The number of nitrogens with one attached hydrogen (secondary N) is 2. The first-order valence-electron chi connectivity index (χ1n) is 14.1. The summed E-state index contributed by atoms with van der Waals surface area (Å²) >= 11 is 0. The Hall–Kier alpha value is -3.96. The van der Waals surface area contributed by atoms with Gasteiger partial charge >= 0.3 is 0 Å². The van der Waals surface area contributed by atoms with Crippen LogP contribution in [0.25, 0.3) is 0 Å². The van der Waals surface area contributed by atoms with Gasteiger partial charge in [0, 0.05) is 52.0 Å². The predicted molar refractivity (Wildman–Crippen MR) is 146 cm³/mol. The minimum absolute atomic E-state index is 0.0273. The van der Waals surface area contributed by atoms with Gasteiger partial charge in [-0.2, -0.15) is 0 Å². The van der Waals surface area contributed by atoms with Crippen LogP contribution in [0, 0.1) is 6.92 Å². The number of aryl methyl sites for hydroxylation is 2. The van der Waals surface area contributed by atoms with Crippen molar-refractivity contribution in [1.29, 1.82) is 0 Å². The van der Waals surface area contributed by atoms with Gasteiger partial charge in [0.15, 0.2) is 0 Å². The van der Waals surface area contributed by atoms with E-state index in [4.69, 9.17) is 4.74 Å². The van der Waals surface area contributed by atoms with Gasteiger partial charge in [-0.25, -0.2) is 0 Å². The van der Waals surface area contributed by atoms with Crippen molar-refractivity contribution in [3.05, 3.63) is 41.2 Å². The molecule has 12 nitrogen and oxygen atoms in total. The quantitative estimate of drug-likeness (QED) is 0.584. The number of likely N-dealkylation sites (tertiary alicyclic amines) is 1. The summed E-state index contributed by atoms with van der Waals surface area (Å²) in [7, 11) is 0. The van der Waals surface area contributed by atoms with Crippen LogP contribution >= 0.6 is 0 Å². The first-order valence-corrected chi connectivity index (χ1v) is 14.1. The van der Waals surface area contributed by atoms with Gasteiger partial charge in [-0.15, -0.1) is 5.10 Å². The molecule has 12 heteroatoms. The summed E-state index contributed by atoms with van der Waals surface area (Å²) < 4.78 is 7.67. The summed E-state index contributed by atoms with van der Waals surface area (Å²) in [5.74, 6) is -0.103. The van der Waals surface area contributed by atoms with E-state index in [1.807, 2.05) is 30.2 Å². The molecule has 2 bridgehead atoms. The molecule has 40 heavy (non-hydrogen) atoms. The number of ether oxygens (including phenoxy) is 1. The zero-order valence-electron chi connectivity index (χ0n) is 23.4. The molecule has 1 aromatic carbocycles. The first kappa shape index (κ1) is 29.0. The zero-order valence-corrected chi connectivity index (χ0v) is 23.4. The third kappa shape index (κ3) is 8.03. The highest BCUT2D eigenvalue weighted by atomic mass is 16.5. The highest BCUT2D eigenvalue weighted by Gasteiger charge is 2.22. The van der Waals surface area contributed by atoms with Crippen LogP contribution in [0.15, 0.2) is 24.4 Å². The van der Waals surface area contributed by atoms with Gasteiger partial charge in [0.2, 0.25) is 17.7 Å². The van der Waals surface area contributed by atoms with Gasteiger partial charge in [0.25, 0.3) is 5.91 Å². The zero-order chi connectivity index (χ0) is 28.5. The molecule has 0 aliphatic carbocycles. The molecule has 0 saturated carbocycles. The lowest BCUT2D eigenvalue weighted by Crippen LogP contribution is -2.45. The molecule has 3 heterocycles. The van der Waals surface area contributed by atoms with E-state index in [-0.39, 0.29) is 23.6 Å². The summed E-state index contributed by atoms with van der Waals surface area (Å²) in [4.78, 5) is 54.2. The highest BCUT2D eigenvalue weighted by molar-refractivity contribution is 5.99. The van der Waals surface area contributed by atoms with E-state index in [0.717, 1.165) is 18.5 Å². The summed E-state index contributed by atoms with van der Waals surface area (Å²) in [6.45, 7) is 6.90. The van der Waals surface area contributed by atoms with Crippen LogP contribution in [-0.4, -0.2) is 87.3 Å². The van der Waals surface area contributed by atoms with E-state index in [9.17, 15) is 19.2 Å². The van der Waals surface area contributed by atoms with Crippen molar-refractivity contribution in [2.45, 2.75) is 71.5 Å². The lowest BCUT2D eigenvalue weighted by Gasteiger charge is -2.23. The van der Waals surface area contributed by atoms with Crippen molar-refractivity contribution < 1.29 is 23.9 Å². The van der Waals surface area contributed by atoms with Crippen molar-refractivity contribution in [3.63, 3.8) is 0 Å². The average Bonchev–Trinajstić information content (AvgIpc) is 3.55. The normalized spacial score (nSPS) is 19.6. The smallest absolute Gasteiger partial charge is 0.255 e. The highest BCUT2D eigenvalue weighted by Crippen LogP contribution is 2.21. The van der Waals surface area contributed by atoms with Gasteiger partial charge in [-0.3, -0.25) is 23.9 Å². The maximum Gasteiger partial charge on any atom is 0.255 e. The van der Waals surface area contributed by atoms with Crippen molar-refractivity contribution in [3.8, 4) is 5.75 Å². The van der Waals surface area contributed by atoms with Gasteiger partial charge in [-0.05, 0) is 50.8 Å². The van der Waals surface area contributed by atoms with Gasteiger partial charge in [0.1, 0.15) is 17.5 Å². The number of aromatic nitrogens is 3. The molecule has 216 valence electrons. The second-order valence-corrected chi connectivity index (χ2v) is 10.4. The van der Waals surface area contributed by atoms with E-state index >= 15 is 0 Å². The van der Waals surface area contributed by atoms with Crippen molar-refractivity contribution in [2.75, 3.05) is 32.8 Å². The summed E-state index contributed by atoms with van der Waals surface area (Å²) in [6.07, 6.45) is 5.38. The minimum atomic E-state index is -0.746. The molecule has 1 atom stereocenters. The Morgan fingerprint density at radius 3 is 2.77 bits per heavy atom. The van der Waals surface area contributed by atoms with E-state index in [1.165, 1.54) is 0 Å². The van der Waals surface area contributed by atoms with Gasteiger partial charge in [0.05, 0.1) is 24.9 Å². The Balaban J connectivity index is 1.42. The van der Waals surface area contributed by atoms with E-state index in [1.54, 1.807) is 22.6 Å². The third-order valence-electron chi connectivity index (χ3n) is 7.10. The summed E-state index contributed by atoms with van der Waals surface area (Å²) in [6, 6.07) is 4.59. The van der Waals surface area contributed by atoms with Crippen molar-refractivity contribution >= 4 is 23.6 Å². The topological polar surface area (TPSA) is 139 Å². The number of carbonyl (C=O) groups is 4. The standard InChI is InChI=1S/C28H39N7O5/c1-20-9-10-23-24(17-20)40-16-6-15-35-19-22(31-32-35)18-34(14-5-11-29-27(38)21(2)30-28(23)39)26(37)8-4-13-33-12-3-7-25(33)36/h9-10,17,19,21H,3-8,11-16,18H2,1-2H3,(H,29,38)(H,30,39)/t21-/m1/s1. The Labute approximate surface area is 234 Å². The molecule has 2 aliphatic rings. The monoisotopic (exact) mass is 553 g/mol. The van der Waals surface area contributed by atoms with Crippen LogP contribution in [-0.2, 0) is 27.5 Å². The predicted octanol–water partition coefficient (Wildman–Crippen LogP) is 1.43. The van der Waals surface area contributed by atoms with E-state index in [2.05, 4.69) is 20.9 Å². The molecule has 1 aromatic heterocycles. The molecule has 2 N–H and O–H groups in total. The second kappa shape index (κ2) is 13.9. The Bertz CT molecular complexity index is 1210. The molecule has 4 amide bonds. The van der Waals surface area contributed by atoms with Crippen molar-refractivity contribution in [1.82, 2.24) is 35.4 Å². The van der Waals surface area contributed by atoms with E-state index < -0.39 is 6.04 Å². The molecule has 0 radical (unpaired) electrons. The van der Waals surface area contributed by atoms with Crippen LogP contribution in [0.3, 0.4) is 0 Å². The van der Waals surface area contributed by atoms with Crippen LogP contribution in [0.1, 0.15) is 67.1 Å². The van der Waals surface area contributed by atoms with Crippen LogP contribution < -0.4 is 15.4 Å². The summed E-state index contributed by atoms with van der Waals surface area (Å²) in [5, 5.41) is 14.1. The molecular weight excluding hydrogens is 514 g/mol. The average molecular weight is 554 g/mol. The molecule has 4 rings (SSSR count). The van der Waals surface area contributed by atoms with Gasteiger partial charge in [-0.1, -0.05) is 11.3 Å². The largest absolute Gasteiger partial charge is 0.493 e. The number of fused-ring (bicyclic) bond motifs is 3. The van der Waals surface area contributed by atoms with Gasteiger partial charge < -0.3 is 25.2 Å². The maximum absolute atomic E-state index is 13.1. The minimum Gasteiger partial charge on any atom is -0.493 e. The first-order chi connectivity index (χ1) is 19.3. The Morgan fingerprint density at radius 1 is 1.12 bits per heavy atom. The Morgan fingerprint density at radius 2 is 1.98 bits per heavy atom. The molecular formula is C28H39N7O5. The summed E-state index contributed by atoms with van der Waals surface area (Å²) in [5.41, 5.74) is 2.00. The lowest BCUT2D eigenvalue weighted by molar-refractivity contribution is -0.133. The fourth-order valence-electron chi connectivity index (χ4n) is 4.85. The SMILES string of the molecule is Cc1ccc2c(c1)OCCCn1cc(nn1)CN(C(=O)CCCN1CCCC1=O)CCCNC(=O)[C@@H](C)NC2=O. The molecule has 1 fully saturated rings. The van der Waals surface area contributed by atoms with Crippen LogP contribution in [0.4, 0.5) is 0 Å². The van der Waals surface area contributed by atoms with Crippen LogP contribution in [0.5, 0.6) is 5.75 Å². The fraction of sp³-hybridized carbons (Fsp3) is 0.571. The van der Waals surface area contributed by atoms with Crippen molar-refractivity contribution in [2.24, 2.45) is 0 Å². The molecule has 0 unspecified atom stereocenters. The molecule has 0 spiro atoms. The Kier molecular flexibility index (Phi) is 10.1. The number of hydrogen-bond donors (Lipinski definition) is 2. The number of hydrogen-bond acceptors (Lipinski definition) is 7. The third-order valence-corrected chi connectivity index (χ3v) is 7.10. The van der Waals surface area contributed by atoms with Crippen LogP contribution in [0.2, 0.25) is 0 Å². The number of benzene rings is 1. The van der Waals surface area contributed by atoms with E-state index in [0.29, 0.717) is 88.4 Å². The second-order valence-electron chi connectivity index (χ2n) is 10.4. The molecule has 2 aliphatic heterocycles. The maximum atomic E-state index is 13.1. The number of nitrogens with zero attached hydrogens (tertiary/aromatic N) is 5. The lowest BCUT2D eigenvalue weighted by atomic mass is 10.1. The number of amides is 4.